The quantitative estimate of drug-likeness (QED) is 0.347. The molecular formula is C29H28N4O6S. The average molecular weight is 561 g/mol. The Balaban J connectivity index is 1.29. The van der Waals surface area contributed by atoms with Crippen LogP contribution < -0.4 is 10.3 Å². The van der Waals surface area contributed by atoms with Gasteiger partial charge >= 0.3 is 5.97 Å². The highest BCUT2D eigenvalue weighted by molar-refractivity contribution is 7.92. The molecule has 1 amide bonds. The topological polar surface area (TPSA) is 120 Å². The summed E-state index contributed by atoms with van der Waals surface area (Å²) in [7, 11) is -2.58. The van der Waals surface area contributed by atoms with Crippen LogP contribution in [0.5, 0.6) is 0 Å². The summed E-state index contributed by atoms with van der Waals surface area (Å²) in [5.41, 5.74) is 2.56. The minimum Gasteiger partial charge on any atom is -0.452 e. The molecule has 10 nitrogen and oxygen atoms in total. The zero-order valence-electron chi connectivity index (χ0n) is 22.0. The molecule has 3 aromatic carbocycles. The lowest BCUT2D eigenvalue weighted by atomic mass is 10.00. The van der Waals surface area contributed by atoms with Crippen LogP contribution in [0.3, 0.4) is 0 Å². The van der Waals surface area contributed by atoms with Crippen molar-refractivity contribution in [3.8, 4) is 5.69 Å². The Labute approximate surface area is 231 Å². The van der Waals surface area contributed by atoms with Crippen molar-refractivity contribution in [2.45, 2.75) is 24.8 Å². The van der Waals surface area contributed by atoms with Gasteiger partial charge in [-0.05, 0) is 54.8 Å². The van der Waals surface area contributed by atoms with Gasteiger partial charge in [-0.2, -0.15) is 0 Å². The van der Waals surface area contributed by atoms with Crippen LogP contribution in [0.25, 0.3) is 5.69 Å². The number of hydrogen-bond acceptors (Lipinski definition) is 6. The molecule has 0 saturated heterocycles. The Kier molecular flexibility index (Phi) is 7.31. The predicted octanol–water partition coefficient (Wildman–Crippen LogP) is 3.03. The number of esters is 1. The molecule has 0 fully saturated rings. The van der Waals surface area contributed by atoms with Crippen molar-refractivity contribution < 1.29 is 22.7 Å². The Bertz CT molecular complexity index is 1760. The Morgan fingerprint density at radius 3 is 2.40 bits per heavy atom. The summed E-state index contributed by atoms with van der Waals surface area (Å²) in [6, 6.07) is 22.0. The third kappa shape index (κ3) is 5.28. The first-order valence-electron chi connectivity index (χ1n) is 12.6. The van der Waals surface area contributed by atoms with E-state index in [4.69, 9.17) is 4.74 Å². The zero-order chi connectivity index (χ0) is 28.4. The summed E-state index contributed by atoms with van der Waals surface area (Å²) in [6.07, 6.45) is 0.722. The molecule has 4 aromatic rings. The van der Waals surface area contributed by atoms with Gasteiger partial charge in [0.2, 0.25) is 0 Å². The molecule has 5 rings (SSSR count). The van der Waals surface area contributed by atoms with Crippen molar-refractivity contribution in [1.29, 1.82) is 0 Å². The van der Waals surface area contributed by atoms with Crippen LogP contribution >= 0.6 is 0 Å². The van der Waals surface area contributed by atoms with Gasteiger partial charge in [0.25, 0.3) is 21.5 Å². The van der Waals surface area contributed by atoms with Crippen LogP contribution in [0, 0.1) is 6.92 Å². The molecule has 11 heteroatoms. The lowest BCUT2D eigenvalue weighted by Gasteiger charge is -2.28. The fourth-order valence-corrected chi connectivity index (χ4v) is 5.84. The molecule has 0 saturated carbocycles. The summed E-state index contributed by atoms with van der Waals surface area (Å²) in [5, 5.41) is 0. The number of fused-ring (bicyclic) bond motifs is 1. The summed E-state index contributed by atoms with van der Waals surface area (Å²) < 4.78 is 37.0. The fourth-order valence-electron chi connectivity index (χ4n) is 4.68. The fraction of sp³-hybridized carbons (Fsp3) is 0.207. The number of anilines is 1. The Morgan fingerprint density at radius 2 is 1.65 bits per heavy atom. The van der Waals surface area contributed by atoms with Gasteiger partial charge < -0.3 is 9.64 Å². The highest BCUT2D eigenvalue weighted by Crippen LogP contribution is 2.21. The van der Waals surface area contributed by atoms with Crippen LogP contribution in [0.15, 0.2) is 88.6 Å². The maximum atomic E-state index is 13.2. The first-order chi connectivity index (χ1) is 19.2. The van der Waals surface area contributed by atoms with Crippen molar-refractivity contribution in [3.63, 3.8) is 0 Å². The molecule has 1 aliphatic heterocycles. The molecule has 0 aliphatic carbocycles. The molecule has 40 heavy (non-hydrogen) atoms. The molecule has 0 unspecified atom stereocenters. The number of para-hydroxylation sites is 1. The molecule has 2 heterocycles. The summed E-state index contributed by atoms with van der Waals surface area (Å²) >= 11 is 0. The maximum absolute atomic E-state index is 13.2. The molecule has 0 atom stereocenters. The number of aromatic nitrogens is 2. The van der Waals surface area contributed by atoms with E-state index < -0.39 is 28.2 Å². The normalized spacial score (nSPS) is 13.0. The second kappa shape index (κ2) is 10.9. The van der Waals surface area contributed by atoms with Gasteiger partial charge in [-0.15, -0.1) is 0 Å². The number of sulfonamides is 1. The van der Waals surface area contributed by atoms with Crippen LogP contribution in [0.2, 0.25) is 0 Å². The lowest BCUT2D eigenvalue weighted by Crippen LogP contribution is -2.38. The zero-order valence-corrected chi connectivity index (χ0v) is 22.8. The van der Waals surface area contributed by atoms with Gasteiger partial charge in [0.05, 0.1) is 21.8 Å². The standard InChI is InChI=1S/C29H28N4O6S/c1-20-27(28(35)33(31(20)2)24-12-4-3-5-13-24)30-40(37,38)25-14-8-11-22(17-25)29(36)39-19-26(34)32-16-15-21-9-6-7-10-23(21)18-32/h3-14,17,30H,15-16,18-19H2,1-2H3. The maximum Gasteiger partial charge on any atom is 0.338 e. The number of ether oxygens (including phenoxy) is 1. The number of carbonyl (C=O) groups is 2. The van der Waals surface area contributed by atoms with E-state index in [9.17, 15) is 22.8 Å². The van der Waals surface area contributed by atoms with E-state index in [1.54, 1.807) is 47.8 Å². The Hall–Kier alpha value is -4.64. The number of carbonyl (C=O) groups excluding carboxylic acids is 2. The van der Waals surface area contributed by atoms with E-state index in [0.717, 1.165) is 18.1 Å². The van der Waals surface area contributed by atoms with E-state index in [0.29, 0.717) is 24.5 Å². The second-order valence-electron chi connectivity index (χ2n) is 9.48. The summed E-state index contributed by atoms with van der Waals surface area (Å²) in [4.78, 5) is 39.9. The molecule has 0 spiro atoms. The van der Waals surface area contributed by atoms with Crippen molar-refractivity contribution in [1.82, 2.24) is 14.3 Å². The van der Waals surface area contributed by atoms with Gasteiger partial charge in [-0.25, -0.2) is 17.9 Å². The number of rotatable bonds is 7. The van der Waals surface area contributed by atoms with Gasteiger partial charge in [-0.3, -0.25) is 19.0 Å². The summed E-state index contributed by atoms with van der Waals surface area (Å²) in [5.74, 6) is -1.16. The van der Waals surface area contributed by atoms with Crippen LogP contribution in [-0.4, -0.2) is 47.7 Å². The van der Waals surface area contributed by atoms with E-state index in [1.165, 1.54) is 28.4 Å². The van der Waals surface area contributed by atoms with Gasteiger partial charge in [-0.1, -0.05) is 48.5 Å². The van der Waals surface area contributed by atoms with Crippen molar-refractivity contribution in [3.05, 3.63) is 112 Å². The number of hydrogen-bond donors (Lipinski definition) is 1. The average Bonchev–Trinajstić information content (AvgIpc) is 3.18. The highest BCUT2D eigenvalue weighted by Gasteiger charge is 2.25. The largest absolute Gasteiger partial charge is 0.452 e. The molecule has 1 N–H and O–H groups in total. The minimum atomic E-state index is -4.24. The third-order valence-corrected chi connectivity index (χ3v) is 8.33. The monoisotopic (exact) mass is 560 g/mol. The van der Waals surface area contributed by atoms with Crippen molar-refractivity contribution >= 4 is 27.6 Å². The lowest BCUT2D eigenvalue weighted by molar-refractivity contribution is -0.135. The number of nitrogens with one attached hydrogen (secondary N) is 1. The summed E-state index contributed by atoms with van der Waals surface area (Å²) in [6.45, 7) is 2.14. The van der Waals surface area contributed by atoms with Crippen molar-refractivity contribution in [2.24, 2.45) is 7.05 Å². The molecule has 0 bridgehead atoms. The van der Waals surface area contributed by atoms with Gasteiger partial charge in [0.15, 0.2) is 6.61 Å². The highest BCUT2D eigenvalue weighted by atomic mass is 32.2. The number of nitrogens with zero attached hydrogens (tertiary/aromatic N) is 3. The van der Waals surface area contributed by atoms with Gasteiger partial charge in [0, 0.05) is 20.1 Å². The van der Waals surface area contributed by atoms with E-state index in [2.05, 4.69) is 4.72 Å². The second-order valence-corrected chi connectivity index (χ2v) is 11.2. The van der Waals surface area contributed by atoms with E-state index in [-0.39, 0.29) is 22.1 Å². The third-order valence-electron chi connectivity index (χ3n) is 6.98. The van der Waals surface area contributed by atoms with Crippen LogP contribution in [0.4, 0.5) is 5.69 Å². The minimum absolute atomic E-state index is 0.0360. The first kappa shape index (κ1) is 26.9. The van der Waals surface area contributed by atoms with Gasteiger partial charge in [0.1, 0.15) is 5.69 Å². The predicted molar refractivity (Wildman–Crippen MR) is 149 cm³/mol. The Morgan fingerprint density at radius 1 is 0.950 bits per heavy atom. The molecule has 0 radical (unpaired) electrons. The van der Waals surface area contributed by atoms with E-state index in [1.807, 2.05) is 30.3 Å². The van der Waals surface area contributed by atoms with E-state index >= 15 is 0 Å². The molecule has 206 valence electrons. The SMILES string of the molecule is Cc1c(NS(=O)(=O)c2cccc(C(=O)OCC(=O)N3CCc4ccccc4C3)c2)c(=O)n(-c2ccccc2)n1C. The molecule has 1 aliphatic rings. The smallest absolute Gasteiger partial charge is 0.338 e. The number of amides is 1. The van der Waals surface area contributed by atoms with Crippen LogP contribution in [-0.2, 0) is 39.6 Å². The molecule has 1 aromatic heterocycles. The molecular weight excluding hydrogens is 532 g/mol. The first-order valence-corrected chi connectivity index (χ1v) is 14.1. The van der Waals surface area contributed by atoms with Crippen LogP contribution in [0.1, 0.15) is 27.2 Å². The van der Waals surface area contributed by atoms with Crippen molar-refractivity contribution in [2.75, 3.05) is 17.9 Å². The number of benzene rings is 3.